The van der Waals surface area contributed by atoms with Crippen molar-refractivity contribution in [1.29, 1.82) is 0 Å². The molecule has 2 aromatic carbocycles. The standard InChI is InChI=1S/C14H7ClF3NO5.C2H7N/c15-10-5-7(14(16,17)18)1-4-12(10)24-8-2-3-11(19(22)23)9(6-8)13(20)21;1-3-2/h1-6H,(H,20,21);3H,1-2H3. The van der Waals surface area contributed by atoms with Gasteiger partial charge in [0.05, 0.1) is 15.5 Å². The van der Waals surface area contributed by atoms with Crippen LogP contribution in [0.1, 0.15) is 15.9 Å². The van der Waals surface area contributed by atoms with Crippen molar-refractivity contribution in [3.63, 3.8) is 0 Å². The molecule has 0 unspecified atom stereocenters. The van der Waals surface area contributed by atoms with Crippen LogP contribution < -0.4 is 10.1 Å². The van der Waals surface area contributed by atoms with Gasteiger partial charge in [-0.25, -0.2) is 4.79 Å². The lowest BCUT2D eigenvalue weighted by Gasteiger charge is -2.11. The Morgan fingerprint density at radius 2 is 1.81 bits per heavy atom. The Labute approximate surface area is 156 Å². The number of aromatic carboxylic acids is 1. The molecule has 2 aromatic rings. The van der Waals surface area contributed by atoms with Gasteiger partial charge in [0.15, 0.2) is 0 Å². The lowest BCUT2D eigenvalue weighted by Crippen LogP contribution is -2.05. The van der Waals surface area contributed by atoms with Gasteiger partial charge in [-0.1, -0.05) is 11.6 Å². The first-order chi connectivity index (χ1) is 12.5. The number of carboxylic acid groups (broad SMARTS) is 1. The van der Waals surface area contributed by atoms with Gasteiger partial charge in [0, 0.05) is 12.1 Å². The fraction of sp³-hybridized carbons (Fsp3) is 0.188. The Morgan fingerprint density at radius 3 is 2.26 bits per heavy atom. The zero-order valence-electron chi connectivity index (χ0n) is 14.0. The molecule has 0 heterocycles. The first-order valence-corrected chi connectivity index (χ1v) is 7.53. The van der Waals surface area contributed by atoms with Crippen molar-refractivity contribution in [2.75, 3.05) is 14.1 Å². The molecule has 0 aliphatic heterocycles. The third-order valence-electron chi connectivity index (χ3n) is 2.88. The van der Waals surface area contributed by atoms with Crippen molar-refractivity contribution >= 4 is 23.3 Å². The molecule has 7 nitrogen and oxygen atoms in total. The largest absolute Gasteiger partial charge is 0.477 e. The van der Waals surface area contributed by atoms with E-state index in [4.69, 9.17) is 21.4 Å². The number of nitrogens with one attached hydrogen (secondary N) is 1. The van der Waals surface area contributed by atoms with Crippen LogP contribution in [-0.4, -0.2) is 30.1 Å². The number of benzene rings is 2. The summed E-state index contributed by atoms with van der Waals surface area (Å²) < 4.78 is 42.9. The van der Waals surface area contributed by atoms with Gasteiger partial charge < -0.3 is 15.2 Å². The van der Waals surface area contributed by atoms with E-state index in [1.54, 1.807) is 0 Å². The van der Waals surface area contributed by atoms with Crippen LogP contribution in [0.3, 0.4) is 0 Å². The highest BCUT2D eigenvalue weighted by molar-refractivity contribution is 6.32. The maximum absolute atomic E-state index is 12.6. The molecule has 146 valence electrons. The molecule has 27 heavy (non-hydrogen) atoms. The maximum Gasteiger partial charge on any atom is 0.416 e. The third kappa shape index (κ3) is 6.12. The molecular weight excluding hydrogens is 393 g/mol. The Morgan fingerprint density at radius 1 is 1.22 bits per heavy atom. The molecule has 0 aromatic heterocycles. The fourth-order valence-corrected chi connectivity index (χ4v) is 2.02. The summed E-state index contributed by atoms with van der Waals surface area (Å²) in [5.41, 5.74) is -2.25. The second-order valence-corrected chi connectivity index (χ2v) is 5.39. The van der Waals surface area contributed by atoms with Crippen molar-refractivity contribution in [3.05, 3.63) is 62.7 Å². The lowest BCUT2D eigenvalue weighted by molar-refractivity contribution is -0.385. The highest BCUT2D eigenvalue weighted by Gasteiger charge is 2.31. The zero-order valence-corrected chi connectivity index (χ0v) is 14.8. The first kappa shape index (κ1) is 22.2. The van der Waals surface area contributed by atoms with Crippen LogP contribution in [0.5, 0.6) is 11.5 Å². The number of carbonyl (C=O) groups is 1. The van der Waals surface area contributed by atoms with E-state index in [1.165, 1.54) is 0 Å². The number of carboxylic acids is 1. The van der Waals surface area contributed by atoms with E-state index in [0.717, 1.165) is 30.3 Å². The number of hydrogen-bond donors (Lipinski definition) is 2. The quantitative estimate of drug-likeness (QED) is 0.568. The van der Waals surface area contributed by atoms with Gasteiger partial charge in [-0.2, -0.15) is 13.2 Å². The summed E-state index contributed by atoms with van der Waals surface area (Å²) in [4.78, 5) is 20.9. The predicted molar refractivity (Wildman–Crippen MR) is 91.6 cm³/mol. The van der Waals surface area contributed by atoms with E-state index in [1.807, 2.05) is 14.1 Å². The monoisotopic (exact) mass is 406 g/mol. The Bertz CT molecular complexity index is 843. The zero-order chi connectivity index (χ0) is 20.8. The Kier molecular flexibility index (Phi) is 7.56. The molecular formula is C16H14ClF3N2O5. The molecule has 0 aliphatic carbocycles. The van der Waals surface area contributed by atoms with Gasteiger partial charge in [0.2, 0.25) is 0 Å². The summed E-state index contributed by atoms with van der Waals surface area (Å²) in [5.74, 6) is -1.83. The van der Waals surface area contributed by atoms with Crippen LogP contribution >= 0.6 is 11.6 Å². The van der Waals surface area contributed by atoms with E-state index in [9.17, 15) is 28.1 Å². The molecule has 0 atom stereocenters. The number of rotatable bonds is 4. The van der Waals surface area contributed by atoms with Crippen LogP contribution in [-0.2, 0) is 6.18 Å². The predicted octanol–water partition coefficient (Wildman–Crippen LogP) is 4.59. The molecule has 2 N–H and O–H groups in total. The molecule has 0 amide bonds. The van der Waals surface area contributed by atoms with Crippen molar-refractivity contribution in [2.24, 2.45) is 0 Å². The lowest BCUT2D eigenvalue weighted by atomic mass is 10.1. The molecule has 11 heteroatoms. The van der Waals surface area contributed by atoms with E-state index < -0.39 is 33.9 Å². The summed E-state index contributed by atoms with van der Waals surface area (Å²) in [6, 6.07) is 5.27. The van der Waals surface area contributed by atoms with Crippen LogP contribution in [0.4, 0.5) is 18.9 Å². The van der Waals surface area contributed by atoms with E-state index in [2.05, 4.69) is 5.32 Å². The molecule has 2 rings (SSSR count). The highest BCUT2D eigenvalue weighted by atomic mass is 35.5. The molecule has 0 saturated carbocycles. The van der Waals surface area contributed by atoms with E-state index >= 15 is 0 Å². The van der Waals surface area contributed by atoms with Gasteiger partial charge in [-0.15, -0.1) is 0 Å². The average Bonchev–Trinajstić information content (AvgIpc) is 2.56. The average molecular weight is 407 g/mol. The summed E-state index contributed by atoms with van der Waals surface area (Å²) >= 11 is 5.72. The number of hydrogen-bond acceptors (Lipinski definition) is 5. The van der Waals surface area contributed by atoms with Crippen LogP contribution in [0, 0.1) is 10.1 Å². The van der Waals surface area contributed by atoms with Gasteiger partial charge in [0.1, 0.15) is 17.1 Å². The van der Waals surface area contributed by atoms with Gasteiger partial charge in [-0.05, 0) is 38.4 Å². The summed E-state index contributed by atoms with van der Waals surface area (Å²) in [6.45, 7) is 0. The molecule has 0 bridgehead atoms. The topological polar surface area (TPSA) is 102 Å². The minimum Gasteiger partial charge on any atom is -0.477 e. The van der Waals surface area contributed by atoms with Gasteiger partial charge in [-0.3, -0.25) is 10.1 Å². The molecule has 0 saturated heterocycles. The SMILES string of the molecule is CNC.O=C(O)c1cc(Oc2ccc(C(F)(F)F)cc2Cl)ccc1[N+](=O)[O-]. The number of halogens is 4. The minimum atomic E-state index is -4.58. The number of nitro groups is 1. The number of nitro benzene ring substituents is 1. The Hall–Kier alpha value is -2.85. The van der Waals surface area contributed by atoms with Gasteiger partial charge in [0.25, 0.3) is 5.69 Å². The fourth-order valence-electron chi connectivity index (χ4n) is 1.80. The van der Waals surface area contributed by atoms with Crippen molar-refractivity contribution in [2.45, 2.75) is 6.18 Å². The number of ether oxygens (including phenoxy) is 1. The summed E-state index contributed by atoms with van der Waals surface area (Å²) in [5, 5.41) is 22.1. The van der Waals surface area contributed by atoms with Crippen LogP contribution in [0.25, 0.3) is 0 Å². The van der Waals surface area contributed by atoms with Crippen molar-refractivity contribution < 1.29 is 32.7 Å². The van der Waals surface area contributed by atoms with Crippen molar-refractivity contribution in [3.8, 4) is 11.5 Å². The minimum absolute atomic E-state index is 0.125. The second-order valence-electron chi connectivity index (χ2n) is 4.99. The summed E-state index contributed by atoms with van der Waals surface area (Å²) in [6.07, 6.45) is -4.58. The molecule has 0 spiro atoms. The first-order valence-electron chi connectivity index (χ1n) is 7.16. The molecule has 0 radical (unpaired) electrons. The van der Waals surface area contributed by atoms with Gasteiger partial charge >= 0.3 is 12.1 Å². The molecule has 0 fully saturated rings. The summed E-state index contributed by atoms with van der Waals surface area (Å²) in [7, 11) is 3.75. The van der Waals surface area contributed by atoms with E-state index in [0.29, 0.717) is 6.07 Å². The normalized spacial score (nSPS) is 10.6. The maximum atomic E-state index is 12.6. The van der Waals surface area contributed by atoms with Crippen LogP contribution in [0.15, 0.2) is 36.4 Å². The number of alkyl halides is 3. The molecule has 0 aliphatic rings. The second kappa shape index (κ2) is 9.19. The van der Waals surface area contributed by atoms with E-state index in [-0.39, 0.29) is 16.5 Å². The smallest absolute Gasteiger partial charge is 0.416 e. The third-order valence-corrected chi connectivity index (χ3v) is 3.18. The Balaban J connectivity index is 0.00000114. The number of nitrogens with zero attached hydrogens (tertiary/aromatic N) is 1. The highest BCUT2D eigenvalue weighted by Crippen LogP contribution is 2.37. The van der Waals surface area contributed by atoms with Crippen molar-refractivity contribution in [1.82, 2.24) is 5.32 Å². The van der Waals surface area contributed by atoms with Crippen LogP contribution in [0.2, 0.25) is 5.02 Å².